The van der Waals surface area contributed by atoms with Crippen LogP contribution in [0.3, 0.4) is 0 Å². The van der Waals surface area contributed by atoms with Gasteiger partial charge >= 0.3 is 0 Å². The summed E-state index contributed by atoms with van der Waals surface area (Å²) in [7, 11) is 0. The lowest BCUT2D eigenvalue weighted by Gasteiger charge is -2.26. The van der Waals surface area contributed by atoms with Crippen LogP contribution in [0.15, 0.2) is 10.7 Å². The second-order valence-corrected chi connectivity index (χ2v) is 4.63. The van der Waals surface area contributed by atoms with Gasteiger partial charge in [-0.1, -0.05) is 10.4 Å². The summed E-state index contributed by atoms with van der Waals surface area (Å²) < 4.78 is 7.06. The summed E-state index contributed by atoms with van der Waals surface area (Å²) in [5, 5.41) is 15.3. The van der Waals surface area contributed by atoms with E-state index in [-0.39, 0.29) is 0 Å². The summed E-state index contributed by atoms with van der Waals surface area (Å²) >= 11 is 0. The molecule has 0 radical (unpaired) electrons. The molecule has 17 heavy (non-hydrogen) atoms. The van der Waals surface area contributed by atoms with E-state index in [1.165, 1.54) is 12.8 Å². The smallest absolute Gasteiger partial charge is 0.280 e. The third-order valence-electron chi connectivity index (χ3n) is 3.25. The van der Waals surface area contributed by atoms with Crippen molar-refractivity contribution in [3.63, 3.8) is 0 Å². The van der Waals surface area contributed by atoms with Crippen LogP contribution in [0.5, 0.6) is 0 Å². The minimum atomic E-state index is 0.405. The number of aromatic nitrogens is 5. The molecule has 4 rings (SSSR count). The first-order valence-electron chi connectivity index (χ1n) is 5.86. The van der Waals surface area contributed by atoms with Crippen molar-refractivity contribution < 1.29 is 4.52 Å². The highest BCUT2D eigenvalue weighted by atomic mass is 16.5. The zero-order valence-corrected chi connectivity index (χ0v) is 9.20. The molecule has 0 unspecified atom stereocenters. The zero-order chi connectivity index (χ0) is 11.2. The van der Waals surface area contributed by atoms with E-state index in [1.807, 2.05) is 10.9 Å². The Kier molecular flexibility index (Phi) is 1.84. The van der Waals surface area contributed by atoms with Crippen molar-refractivity contribution in [3.8, 4) is 11.6 Å². The van der Waals surface area contributed by atoms with Crippen LogP contribution >= 0.6 is 0 Å². The van der Waals surface area contributed by atoms with Gasteiger partial charge in [0, 0.05) is 19.0 Å². The van der Waals surface area contributed by atoms with E-state index in [9.17, 15) is 0 Å². The monoisotopic (exact) mass is 232 g/mol. The Hall–Kier alpha value is -1.76. The summed E-state index contributed by atoms with van der Waals surface area (Å²) in [6.07, 6.45) is 4.20. The fraction of sp³-hybridized carbons (Fsp3) is 0.600. The molecule has 88 valence electrons. The Morgan fingerprint density at radius 1 is 1.35 bits per heavy atom. The standard InChI is InChI=1S/C10H12N6O/c1-2-6(1)9-12-10(17-14-9)8-5-16(15-13-8)7-3-11-4-7/h5-7,11H,1-4H2. The van der Waals surface area contributed by atoms with Crippen molar-refractivity contribution >= 4 is 0 Å². The van der Waals surface area contributed by atoms with Crippen LogP contribution in [0.4, 0.5) is 0 Å². The second kappa shape index (κ2) is 3.36. The number of nitrogens with zero attached hydrogens (tertiary/aromatic N) is 5. The Balaban J connectivity index is 1.61. The molecule has 2 aromatic rings. The van der Waals surface area contributed by atoms with E-state index < -0.39 is 0 Å². The molecule has 0 spiro atoms. The molecule has 0 bridgehead atoms. The molecule has 1 N–H and O–H groups in total. The largest absolute Gasteiger partial charge is 0.332 e. The van der Waals surface area contributed by atoms with Gasteiger partial charge in [0.25, 0.3) is 5.89 Å². The van der Waals surface area contributed by atoms with Gasteiger partial charge in [-0.15, -0.1) is 5.10 Å². The fourth-order valence-corrected chi connectivity index (χ4v) is 1.86. The van der Waals surface area contributed by atoms with Gasteiger partial charge in [0.1, 0.15) is 0 Å². The molecule has 0 amide bonds. The predicted molar refractivity (Wildman–Crippen MR) is 57.2 cm³/mol. The van der Waals surface area contributed by atoms with E-state index in [2.05, 4.69) is 25.8 Å². The van der Waals surface area contributed by atoms with Gasteiger partial charge < -0.3 is 9.84 Å². The molecule has 1 saturated carbocycles. The summed E-state index contributed by atoms with van der Waals surface area (Å²) in [5.74, 6) is 1.78. The topological polar surface area (TPSA) is 81.7 Å². The number of rotatable bonds is 3. The van der Waals surface area contributed by atoms with Crippen molar-refractivity contribution in [2.24, 2.45) is 0 Å². The fourth-order valence-electron chi connectivity index (χ4n) is 1.86. The number of hydrogen-bond acceptors (Lipinski definition) is 6. The van der Waals surface area contributed by atoms with Crippen LogP contribution in [0.1, 0.15) is 30.6 Å². The van der Waals surface area contributed by atoms with E-state index in [4.69, 9.17) is 4.52 Å². The van der Waals surface area contributed by atoms with Crippen LogP contribution in [0, 0.1) is 0 Å². The van der Waals surface area contributed by atoms with Crippen molar-refractivity contribution in [1.82, 2.24) is 30.5 Å². The van der Waals surface area contributed by atoms with Crippen LogP contribution in [-0.4, -0.2) is 38.2 Å². The summed E-state index contributed by atoms with van der Waals surface area (Å²) in [6, 6.07) is 0.405. The van der Waals surface area contributed by atoms with Crippen LogP contribution in [-0.2, 0) is 0 Å². The molecule has 2 aliphatic rings. The summed E-state index contributed by atoms with van der Waals surface area (Å²) in [6.45, 7) is 1.89. The van der Waals surface area contributed by atoms with Crippen molar-refractivity contribution in [2.75, 3.05) is 13.1 Å². The van der Waals surface area contributed by atoms with Gasteiger partial charge in [-0.05, 0) is 12.8 Å². The van der Waals surface area contributed by atoms with Gasteiger partial charge in [0.05, 0.1) is 12.2 Å². The maximum absolute atomic E-state index is 5.20. The van der Waals surface area contributed by atoms with Crippen LogP contribution in [0.2, 0.25) is 0 Å². The first kappa shape index (κ1) is 9.29. The quantitative estimate of drug-likeness (QED) is 0.822. The minimum absolute atomic E-state index is 0.405. The third-order valence-corrected chi connectivity index (χ3v) is 3.25. The lowest BCUT2D eigenvalue weighted by atomic mass is 10.2. The Morgan fingerprint density at radius 2 is 2.24 bits per heavy atom. The van der Waals surface area contributed by atoms with Gasteiger partial charge in [0.15, 0.2) is 11.5 Å². The van der Waals surface area contributed by atoms with E-state index >= 15 is 0 Å². The molecule has 1 aliphatic heterocycles. The summed E-state index contributed by atoms with van der Waals surface area (Å²) in [5.41, 5.74) is 0.663. The zero-order valence-electron chi connectivity index (χ0n) is 9.20. The van der Waals surface area contributed by atoms with E-state index in [1.54, 1.807) is 0 Å². The van der Waals surface area contributed by atoms with Crippen LogP contribution < -0.4 is 5.32 Å². The van der Waals surface area contributed by atoms with Gasteiger partial charge in [-0.2, -0.15) is 4.98 Å². The maximum Gasteiger partial charge on any atom is 0.280 e. The number of nitrogens with one attached hydrogen (secondary N) is 1. The summed E-state index contributed by atoms with van der Waals surface area (Å²) in [4.78, 5) is 4.35. The molecule has 0 aromatic carbocycles. The average Bonchev–Trinajstić information content (AvgIpc) is 2.82. The Labute approximate surface area is 97.2 Å². The molecule has 3 heterocycles. The minimum Gasteiger partial charge on any atom is -0.332 e. The molecule has 1 saturated heterocycles. The lowest BCUT2D eigenvalue weighted by molar-refractivity contribution is 0.313. The van der Waals surface area contributed by atoms with Crippen molar-refractivity contribution in [2.45, 2.75) is 24.8 Å². The molecule has 7 heteroatoms. The Bertz CT molecular complexity index is 538. The molecule has 2 fully saturated rings. The third kappa shape index (κ3) is 1.54. The second-order valence-electron chi connectivity index (χ2n) is 4.63. The maximum atomic E-state index is 5.20. The SMILES string of the molecule is c1c(-c2nc(C3CC3)no2)nnn1C1CNC1. The molecule has 2 aromatic heterocycles. The highest BCUT2D eigenvalue weighted by Crippen LogP contribution is 2.38. The van der Waals surface area contributed by atoms with E-state index in [0.717, 1.165) is 18.9 Å². The van der Waals surface area contributed by atoms with E-state index in [0.29, 0.717) is 23.5 Å². The van der Waals surface area contributed by atoms with Crippen molar-refractivity contribution in [3.05, 3.63) is 12.0 Å². The van der Waals surface area contributed by atoms with Crippen LogP contribution in [0.25, 0.3) is 11.6 Å². The molecule has 7 nitrogen and oxygen atoms in total. The lowest BCUT2D eigenvalue weighted by Crippen LogP contribution is -2.43. The van der Waals surface area contributed by atoms with Crippen molar-refractivity contribution in [1.29, 1.82) is 0 Å². The first-order valence-corrected chi connectivity index (χ1v) is 5.86. The normalized spacial score (nSPS) is 20.5. The Morgan fingerprint density at radius 3 is 2.94 bits per heavy atom. The predicted octanol–water partition coefficient (Wildman–Crippen LogP) is 0.350. The molecular weight excluding hydrogens is 220 g/mol. The van der Waals surface area contributed by atoms with Gasteiger partial charge in [0.2, 0.25) is 0 Å². The number of hydrogen-bond donors (Lipinski definition) is 1. The van der Waals surface area contributed by atoms with Gasteiger partial charge in [-0.3, -0.25) is 0 Å². The molecular formula is C10H12N6O. The van der Waals surface area contributed by atoms with Gasteiger partial charge in [-0.25, -0.2) is 4.68 Å². The average molecular weight is 232 g/mol. The first-order chi connectivity index (χ1) is 8.40. The molecule has 1 aliphatic carbocycles. The molecule has 0 atom stereocenters. The highest BCUT2D eigenvalue weighted by Gasteiger charge is 2.29. The highest BCUT2D eigenvalue weighted by molar-refractivity contribution is 5.43.